The van der Waals surface area contributed by atoms with E-state index in [4.69, 9.17) is 11.6 Å². The smallest absolute Gasteiger partial charge is 0.262 e. The third kappa shape index (κ3) is 6.21. The number of benzene rings is 2. The van der Waals surface area contributed by atoms with Gasteiger partial charge in [0.25, 0.3) is 11.8 Å². The fraction of sp³-hybridized carbons (Fsp3) is 0.360. The van der Waals surface area contributed by atoms with Crippen LogP contribution in [0.5, 0.6) is 0 Å². The summed E-state index contributed by atoms with van der Waals surface area (Å²) in [6.07, 6.45) is 3.39. The van der Waals surface area contributed by atoms with Crippen molar-refractivity contribution in [2.75, 3.05) is 25.5 Å². The van der Waals surface area contributed by atoms with Crippen molar-refractivity contribution in [3.63, 3.8) is 0 Å². The molecule has 1 fully saturated rings. The number of thioether (sulfide) groups is 1. The van der Waals surface area contributed by atoms with E-state index >= 15 is 0 Å². The number of amidine groups is 1. The summed E-state index contributed by atoms with van der Waals surface area (Å²) in [6.45, 7) is 1.81. The Kier molecular flexibility index (Phi) is 8.07. The highest BCUT2D eigenvalue weighted by molar-refractivity contribution is 8.15. The molecule has 0 spiro atoms. The highest BCUT2D eigenvalue weighted by Gasteiger charge is 2.33. The van der Waals surface area contributed by atoms with Crippen LogP contribution in [0.1, 0.15) is 41.6 Å². The van der Waals surface area contributed by atoms with Crippen molar-refractivity contribution < 1.29 is 18.8 Å². The lowest BCUT2D eigenvalue weighted by atomic mass is 10.1. The summed E-state index contributed by atoms with van der Waals surface area (Å²) in [5.41, 5.74) is 1.15. The summed E-state index contributed by atoms with van der Waals surface area (Å²) in [6, 6.07) is 10.8. The number of hydrogen-bond donors (Lipinski definition) is 1. The van der Waals surface area contributed by atoms with Gasteiger partial charge in [-0.05, 0) is 55.7 Å². The van der Waals surface area contributed by atoms with E-state index in [1.807, 2.05) is 0 Å². The Bertz CT molecular complexity index is 1130. The largest absolute Gasteiger partial charge is 0.351 e. The third-order valence-corrected chi connectivity index (χ3v) is 7.51. The molecule has 2 aromatic carbocycles. The van der Waals surface area contributed by atoms with Gasteiger partial charge in [0.1, 0.15) is 11.1 Å². The summed E-state index contributed by atoms with van der Waals surface area (Å²) >= 11 is 7.42. The van der Waals surface area contributed by atoms with Crippen LogP contribution in [0.3, 0.4) is 0 Å². The van der Waals surface area contributed by atoms with Crippen molar-refractivity contribution in [2.24, 2.45) is 4.99 Å². The van der Waals surface area contributed by atoms with E-state index in [1.165, 1.54) is 35.2 Å². The molecule has 0 aromatic heterocycles. The van der Waals surface area contributed by atoms with Gasteiger partial charge in [-0.25, -0.2) is 4.39 Å². The van der Waals surface area contributed by atoms with E-state index in [0.717, 1.165) is 31.1 Å². The molecule has 0 radical (unpaired) electrons. The van der Waals surface area contributed by atoms with Gasteiger partial charge in [0, 0.05) is 54.9 Å². The molecule has 3 amide bonds. The van der Waals surface area contributed by atoms with Gasteiger partial charge in [-0.1, -0.05) is 29.4 Å². The van der Waals surface area contributed by atoms with Crippen molar-refractivity contribution in [2.45, 2.75) is 37.5 Å². The van der Waals surface area contributed by atoms with Gasteiger partial charge in [0.2, 0.25) is 5.91 Å². The van der Waals surface area contributed by atoms with Crippen molar-refractivity contribution in [1.29, 1.82) is 0 Å². The van der Waals surface area contributed by atoms with Crippen LogP contribution in [0, 0.1) is 5.82 Å². The first-order valence-corrected chi connectivity index (χ1v) is 12.7. The maximum absolute atomic E-state index is 14.0. The minimum absolute atomic E-state index is 0.0250. The molecule has 1 atom stereocenters. The number of carbonyl (C=O) groups is 3. The zero-order valence-electron chi connectivity index (χ0n) is 19.3. The summed E-state index contributed by atoms with van der Waals surface area (Å²) in [7, 11) is 1.57. The Balaban J connectivity index is 1.30. The lowest BCUT2D eigenvalue weighted by molar-refractivity contribution is -0.121. The molecule has 0 aliphatic carbocycles. The second-order valence-corrected chi connectivity index (χ2v) is 10.2. The number of anilines is 1. The van der Waals surface area contributed by atoms with Crippen molar-refractivity contribution in [3.05, 3.63) is 64.4 Å². The van der Waals surface area contributed by atoms with Crippen LogP contribution in [0.4, 0.5) is 10.1 Å². The standard InChI is InChI=1S/C25H26ClFN4O3S/c1-30(15-18-19(26)6-5-7-20(18)27)24(34)16-8-10-17(11-9-16)28-22(32)14-21-23(33)29-25(35-21)31-12-3-2-4-13-31/h5-11,21H,2-4,12-15H2,1H3,(H,28,32)/t21-/m1/s1. The zero-order chi connectivity index (χ0) is 24.9. The van der Waals surface area contributed by atoms with Crippen LogP contribution in [-0.2, 0) is 16.1 Å². The first-order chi connectivity index (χ1) is 16.8. The molecule has 2 heterocycles. The van der Waals surface area contributed by atoms with Crippen LogP contribution < -0.4 is 5.32 Å². The molecule has 2 aliphatic rings. The van der Waals surface area contributed by atoms with E-state index in [0.29, 0.717) is 11.3 Å². The number of nitrogens with one attached hydrogen (secondary N) is 1. The van der Waals surface area contributed by atoms with Crippen LogP contribution in [0.2, 0.25) is 5.02 Å². The minimum atomic E-state index is -0.522. The molecule has 2 aliphatic heterocycles. The summed E-state index contributed by atoms with van der Waals surface area (Å²) in [4.78, 5) is 45.2. The average molecular weight is 517 g/mol. The number of rotatable bonds is 6. The molecule has 0 saturated carbocycles. The minimum Gasteiger partial charge on any atom is -0.351 e. The molecule has 4 rings (SSSR count). The topological polar surface area (TPSA) is 82.1 Å². The molecule has 1 saturated heterocycles. The number of nitrogens with zero attached hydrogens (tertiary/aromatic N) is 3. The SMILES string of the molecule is CN(Cc1c(F)cccc1Cl)C(=O)c1ccc(NC(=O)C[C@H]2SC(N3CCCCC3)=NC2=O)cc1. The van der Waals surface area contributed by atoms with E-state index in [9.17, 15) is 18.8 Å². The number of aliphatic imine (C=N–C) groups is 1. The van der Waals surface area contributed by atoms with Crippen molar-refractivity contribution >= 4 is 51.9 Å². The number of halogens is 2. The van der Waals surface area contributed by atoms with Gasteiger partial charge in [-0.15, -0.1) is 0 Å². The summed E-state index contributed by atoms with van der Waals surface area (Å²) in [5.74, 6) is -1.35. The maximum atomic E-state index is 14.0. The van der Waals surface area contributed by atoms with E-state index in [1.54, 1.807) is 37.4 Å². The number of piperidine rings is 1. The van der Waals surface area contributed by atoms with Crippen molar-refractivity contribution in [1.82, 2.24) is 9.80 Å². The first kappa shape index (κ1) is 25.2. The van der Waals surface area contributed by atoms with Crippen LogP contribution in [-0.4, -0.2) is 58.1 Å². The molecule has 10 heteroatoms. The zero-order valence-corrected chi connectivity index (χ0v) is 20.9. The van der Waals surface area contributed by atoms with Crippen molar-refractivity contribution in [3.8, 4) is 0 Å². The van der Waals surface area contributed by atoms with Gasteiger partial charge in [-0.2, -0.15) is 4.99 Å². The second kappa shape index (κ2) is 11.2. The lowest BCUT2D eigenvalue weighted by Gasteiger charge is -2.27. The molecule has 0 unspecified atom stereocenters. The van der Waals surface area contributed by atoms with Crippen LogP contribution in [0.15, 0.2) is 47.5 Å². The Morgan fingerprint density at radius 1 is 1.17 bits per heavy atom. The molecule has 2 aromatic rings. The highest BCUT2D eigenvalue weighted by Crippen LogP contribution is 2.29. The molecule has 7 nitrogen and oxygen atoms in total. The number of amides is 3. The van der Waals surface area contributed by atoms with E-state index < -0.39 is 11.1 Å². The lowest BCUT2D eigenvalue weighted by Crippen LogP contribution is -2.33. The molecule has 0 bridgehead atoms. The quantitative estimate of drug-likeness (QED) is 0.608. The summed E-state index contributed by atoms with van der Waals surface area (Å²) < 4.78 is 14.0. The molecular weight excluding hydrogens is 491 g/mol. The van der Waals surface area contributed by atoms with Gasteiger partial charge in [0.15, 0.2) is 5.17 Å². The fourth-order valence-electron chi connectivity index (χ4n) is 4.02. The predicted octanol–water partition coefficient (Wildman–Crippen LogP) is 4.56. The summed E-state index contributed by atoms with van der Waals surface area (Å²) in [5, 5.41) is 3.23. The van der Waals surface area contributed by atoms with E-state index in [2.05, 4.69) is 15.2 Å². The average Bonchev–Trinajstić information content (AvgIpc) is 3.22. The molecular formula is C25H26ClFN4O3S. The maximum Gasteiger partial charge on any atom is 0.262 e. The normalized spacial score (nSPS) is 17.8. The highest BCUT2D eigenvalue weighted by atomic mass is 35.5. The predicted molar refractivity (Wildman–Crippen MR) is 136 cm³/mol. The van der Waals surface area contributed by atoms with Crippen LogP contribution in [0.25, 0.3) is 0 Å². The number of hydrogen-bond acceptors (Lipinski definition) is 5. The molecule has 184 valence electrons. The third-order valence-electron chi connectivity index (χ3n) is 5.95. The number of likely N-dealkylation sites (tertiary alicyclic amines) is 1. The Morgan fingerprint density at radius 3 is 2.57 bits per heavy atom. The Labute approximate surface area is 212 Å². The van der Waals surface area contributed by atoms with E-state index in [-0.39, 0.29) is 41.3 Å². The number of carbonyl (C=O) groups excluding carboxylic acids is 3. The van der Waals surface area contributed by atoms with Gasteiger partial charge in [0.05, 0.1) is 0 Å². The van der Waals surface area contributed by atoms with Gasteiger partial charge < -0.3 is 15.1 Å². The first-order valence-electron chi connectivity index (χ1n) is 11.4. The monoisotopic (exact) mass is 516 g/mol. The Morgan fingerprint density at radius 2 is 1.89 bits per heavy atom. The second-order valence-electron chi connectivity index (χ2n) is 8.58. The van der Waals surface area contributed by atoms with Crippen LogP contribution >= 0.6 is 23.4 Å². The Hall–Kier alpha value is -2.91. The van der Waals surface area contributed by atoms with Gasteiger partial charge in [-0.3, -0.25) is 14.4 Å². The molecule has 35 heavy (non-hydrogen) atoms. The molecule has 1 N–H and O–H groups in total. The van der Waals surface area contributed by atoms with Gasteiger partial charge >= 0.3 is 0 Å². The fourth-order valence-corrected chi connectivity index (χ4v) is 5.36.